The van der Waals surface area contributed by atoms with Crippen LogP contribution < -0.4 is 4.74 Å². The third-order valence-corrected chi connectivity index (χ3v) is 9.38. The molecular formula is C33H42N4O3S. The Morgan fingerprint density at radius 1 is 1.07 bits per heavy atom. The zero-order valence-electron chi connectivity index (χ0n) is 24.8. The van der Waals surface area contributed by atoms with Crippen molar-refractivity contribution in [3.63, 3.8) is 0 Å². The molecule has 0 bridgehead atoms. The van der Waals surface area contributed by atoms with Crippen molar-refractivity contribution in [1.82, 2.24) is 19.0 Å². The van der Waals surface area contributed by atoms with E-state index in [-0.39, 0.29) is 6.09 Å². The van der Waals surface area contributed by atoms with Gasteiger partial charge < -0.3 is 23.5 Å². The number of hydrogen-bond donors (Lipinski definition) is 0. The second kappa shape index (κ2) is 11.6. The summed E-state index contributed by atoms with van der Waals surface area (Å²) in [5.74, 6) is 3.04. The summed E-state index contributed by atoms with van der Waals surface area (Å²) in [4.78, 5) is 19.3. The normalized spacial score (nSPS) is 16.7. The first-order valence-electron chi connectivity index (χ1n) is 15.0. The molecule has 0 radical (unpaired) electrons. The molecule has 1 aromatic carbocycles. The standard InChI is InChI=1S/C33H42N4O3S/c1-33(2,3)40-32(38)36-16-13-24(14-17-36)22-39-26-10-8-23(9-11-26)12-18-37-21-27(25-6-5-7-25)34-31(37)29-20-30-28(35(29)4)15-19-41-30/h8-11,15,19-21,24-25H,5-7,12-14,16-18,22H2,1-4H3. The van der Waals surface area contributed by atoms with Crippen LogP contribution in [0.25, 0.3) is 21.7 Å². The lowest BCUT2D eigenvalue weighted by Gasteiger charge is -2.33. The first-order chi connectivity index (χ1) is 19.7. The number of amides is 1. The van der Waals surface area contributed by atoms with Gasteiger partial charge >= 0.3 is 6.09 Å². The number of fused-ring (bicyclic) bond motifs is 1. The lowest BCUT2D eigenvalue weighted by atomic mass is 9.83. The van der Waals surface area contributed by atoms with Gasteiger partial charge in [-0.15, -0.1) is 11.3 Å². The molecule has 4 aromatic rings. The van der Waals surface area contributed by atoms with Crippen molar-refractivity contribution in [2.75, 3.05) is 19.7 Å². The molecule has 8 heteroatoms. The van der Waals surface area contributed by atoms with Crippen LogP contribution in [0.4, 0.5) is 4.79 Å². The lowest BCUT2D eigenvalue weighted by molar-refractivity contribution is 0.0165. The molecule has 41 heavy (non-hydrogen) atoms. The number of imidazole rings is 1. The molecule has 7 nitrogen and oxygen atoms in total. The molecule has 0 spiro atoms. The SMILES string of the molecule is Cn1c(-c2nc(C3CCC3)cn2CCc2ccc(OCC3CCN(C(=O)OC(C)(C)C)CC3)cc2)cc2sccc21. The third-order valence-electron chi connectivity index (χ3n) is 8.53. The molecule has 1 amide bonds. The Balaban J connectivity index is 1.04. The molecule has 218 valence electrons. The van der Waals surface area contributed by atoms with E-state index in [0.717, 1.165) is 50.5 Å². The van der Waals surface area contributed by atoms with Crippen LogP contribution in [-0.4, -0.2) is 50.4 Å². The largest absolute Gasteiger partial charge is 0.493 e. The van der Waals surface area contributed by atoms with Crippen LogP contribution in [0.1, 0.15) is 70.1 Å². The Labute approximate surface area is 247 Å². The number of aryl methyl sites for hydroxylation is 3. The van der Waals surface area contributed by atoms with Gasteiger partial charge in [0.15, 0.2) is 5.82 Å². The summed E-state index contributed by atoms with van der Waals surface area (Å²) in [6.07, 6.45) is 8.72. The van der Waals surface area contributed by atoms with Crippen molar-refractivity contribution in [2.24, 2.45) is 13.0 Å². The summed E-state index contributed by atoms with van der Waals surface area (Å²) >= 11 is 1.79. The molecular weight excluding hydrogens is 532 g/mol. The van der Waals surface area contributed by atoms with Gasteiger partial charge in [0.2, 0.25) is 0 Å². The Morgan fingerprint density at radius 3 is 2.49 bits per heavy atom. The minimum absolute atomic E-state index is 0.210. The van der Waals surface area contributed by atoms with Crippen LogP contribution in [0.5, 0.6) is 5.75 Å². The van der Waals surface area contributed by atoms with Gasteiger partial charge in [-0.3, -0.25) is 0 Å². The van der Waals surface area contributed by atoms with Gasteiger partial charge in [0, 0.05) is 38.8 Å². The van der Waals surface area contributed by atoms with Gasteiger partial charge in [-0.2, -0.15) is 0 Å². The number of thiophene rings is 1. The highest BCUT2D eigenvalue weighted by Crippen LogP contribution is 2.38. The third kappa shape index (κ3) is 6.32. The monoisotopic (exact) mass is 574 g/mol. The first kappa shape index (κ1) is 27.9. The molecule has 6 rings (SSSR count). The van der Waals surface area contributed by atoms with Crippen molar-refractivity contribution in [3.05, 3.63) is 59.2 Å². The predicted octanol–water partition coefficient (Wildman–Crippen LogP) is 7.64. The molecule has 2 fully saturated rings. The van der Waals surface area contributed by atoms with Gasteiger partial charge in [0.05, 0.1) is 28.2 Å². The molecule has 4 heterocycles. The molecule has 3 aromatic heterocycles. The number of carbonyl (C=O) groups excluding carboxylic acids is 1. The average Bonchev–Trinajstić information content (AvgIpc) is 3.61. The summed E-state index contributed by atoms with van der Waals surface area (Å²) < 4.78 is 17.6. The van der Waals surface area contributed by atoms with E-state index >= 15 is 0 Å². The smallest absolute Gasteiger partial charge is 0.410 e. The number of benzene rings is 1. The summed E-state index contributed by atoms with van der Waals surface area (Å²) in [6.45, 7) is 8.74. The number of hydrogen-bond acceptors (Lipinski definition) is 5. The Morgan fingerprint density at radius 2 is 1.83 bits per heavy atom. The highest BCUT2D eigenvalue weighted by molar-refractivity contribution is 7.17. The second-order valence-electron chi connectivity index (χ2n) is 12.7. The number of piperidine rings is 1. The highest BCUT2D eigenvalue weighted by atomic mass is 32.1. The second-order valence-corrected chi connectivity index (χ2v) is 13.6. The maximum atomic E-state index is 12.3. The Bertz CT molecular complexity index is 1480. The number of carbonyl (C=O) groups is 1. The molecule has 0 N–H and O–H groups in total. The van der Waals surface area contributed by atoms with Gasteiger partial charge in [0.1, 0.15) is 11.4 Å². The minimum atomic E-state index is -0.456. The average molecular weight is 575 g/mol. The molecule has 2 aliphatic rings. The van der Waals surface area contributed by atoms with Crippen molar-refractivity contribution in [3.8, 4) is 17.3 Å². The number of ether oxygens (including phenoxy) is 2. The van der Waals surface area contributed by atoms with Crippen LogP contribution >= 0.6 is 11.3 Å². The summed E-state index contributed by atoms with van der Waals surface area (Å²) in [5.41, 5.74) is 4.55. The van der Waals surface area contributed by atoms with Crippen LogP contribution in [0.2, 0.25) is 0 Å². The summed E-state index contributed by atoms with van der Waals surface area (Å²) in [5, 5.41) is 2.16. The van der Waals surface area contributed by atoms with E-state index < -0.39 is 5.60 Å². The minimum Gasteiger partial charge on any atom is -0.493 e. The Kier molecular flexibility index (Phi) is 7.86. The summed E-state index contributed by atoms with van der Waals surface area (Å²) in [7, 11) is 2.15. The van der Waals surface area contributed by atoms with Crippen molar-refractivity contribution >= 4 is 27.6 Å². The van der Waals surface area contributed by atoms with Crippen molar-refractivity contribution < 1.29 is 14.3 Å². The van der Waals surface area contributed by atoms with Gasteiger partial charge in [0.25, 0.3) is 0 Å². The van der Waals surface area contributed by atoms with Gasteiger partial charge in [-0.25, -0.2) is 9.78 Å². The maximum absolute atomic E-state index is 12.3. The fourth-order valence-electron chi connectivity index (χ4n) is 5.80. The zero-order valence-corrected chi connectivity index (χ0v) is 25.6. The van der Waals surface area contributed by atoms with E-state index in [0.29, 0.717) is 18.4 Å². The van der Waals surface area contributed by atoms with Gasteiger partial charge in [-0.05, 0) is 94.0 Å². The molecule has 1 aliphatic heterocycles. The number of aromatic nitrogens is 3. The van der Waals surface area contributed by atoms with E-state index in [1.165, 1.54) is 46.4 Å². The molecule has 1 saturated carbocycles. The van der Waals surface area contributed by atoms with Crippen LogP contribution in [-0.2, 0) is 24.8 Å². The number of nitrogens with zero attached hydrogens (tertiary/aromatic N) is 4. The number of rotatable bonds is 8. The summed E-state index contributed by atoms with van der Waals surface area (Å²) in [6, 6.07) is 13.0. The van der Waals surface area contributed by atoms with E-state index in [2.05, 4.69) is 64.2 Å². The van der Waals surface area contributed by atoms with E-state index in [1.807, 2.05) is 25.7 Å². The topological polar surface area (TPSA) is 61.5 Å². The first-order valence-corrected chi connectivity index (χ1v) is 15.9. The fraction of sp³-hybridized carbons (Fsp3) is 0.515. The van der Waals surface area contributed by atoms with E-state index in [4.69, 9.17) is 14.5 Å². The van der Waals surface area contributed by atoms with Crippen molar-refractivity contribution in [1.29, 1.82) is 0 Å². The van der Waals surface area contributed by atoms with Crippen LogP contribution in [0.3, 0.4) is 0 Å². The molecule has 0 atom stereocenters. The molecule has 0 unspecified atom stereocenters. The maximum Gasteiger partial charge on any atom is 0.410 e. The molecule has 1 saturated heterocycles. The quantitative estimate of drug-likeness (QED) is 0.217. The van der Waals surface area contributed by atoms with E-state index in [9.17, 15) is 4.79 Å². The highest BCUT2D eigenvalue weighted by Gasteiger charge is 2.27. The van der Waals surface area contributed by atoms with Crippen molar-refractivity contribution in [2.45, 2.75) is 77.4 Å². The number of likely N-dealkylation sites (tertiary alicyclic amines) is 1. The molecule has 1 aliphatic carbocycles. The Hall–Kier alpha value is -3.26. The van der Waals surface area contributed by atoms with E-state index in [1.54, 1.807) is 11.3 Å². The fourth-order valence-corrected chi connectivity index (χ4v) is 6.65. The van der Waals surface area contributed by atoms with Crippen LogP contribution in [0.15, 0.2) is 48.0 Å². The predicted molar refractivity (Wildman–Crippen MR) is 165 cm³/mol. The lowest BCUT2D eigenvalue weighted by Crippen LogP contribution is -2.42. The van der Waals surface area contributed by atoms with Gasteiger partial charge in [-0.1, -0.05) is 18.6 Å². The zero-order chi connectivity index (χ0) is 28.6. The van der Waals surface area contributed by atoms with Crippen LogP contribution in [0, 0.1) is 5.92 Å².